The predicted molar refractivity (Wildman–Crippen MR) is 78.6 cm³/mol. The summed E-state index contributed by atoms with van der Waals surface area (Å²) >= 11 is 0. The molecule has 4 rings (SSSR count). The van der Waals surface area contributed by atoms with Crippen molar-refractivity contribution in [1.29, 1.82) is 0 Å². The molecular weight excluding hydrogens is 288 g/mol. The molecule has 4 fully saturated rings. The fraction of sp³-hybridized carbons (Fsp3) is 0.938. The molecule has 6 heteroatoms. The number of piperazine rings is 1. The summed E-state index contributed by atoms with van der Waals surface area (Å²) in [6, 6.07) is 0.470. The van der Waals surface area contributed by atoms with E-state index in [1.165, 1.54) is 12.8 Å². The summed E-state index contributed by atoms with van der Waals surface area (Å²) < 4.78 is 26.2. The van der Waals surface area contributed by atoms with E-state index in [1.807, 2.05) is 4.90 Å². The summed E-state index contributed by atoms with van der Waals surface area (Å²) in [5.74, 6) is -2.53. The third-order valence-corrected chi connectivity index (χ3v) is 6.20. The molecule has 0 aromatic rings. The Hall–Kier alpha value is -0.750. The number of halogens is 2. The van der Waals surface area contributed by atoms with Crippen LogP contribution >= 0.6 is 0 Å². The van der Waals surface area contributed by atoms with Crippen molar-refractivity contribution in [3.63, 3.8) is 0 Å². The van der Waals surface area contributed by atoms with E-state index in [-0.39, 0.29) is 24.2 Å². The number of piperidine rings is 1. The zero-order valence-corrected chi connectivity index (χ0v) is 13.0. The summed E-state index contributed by atoms with van der Waals surface area (Å²) in [6.07, 6.45) is 4.36. The van der Waals surface area contributed by atoms with Crippen LogP contribution < -0.4 is 5.73 Å². The van der Waals surface area contributed by atoms with E-state index in [2.05, 4.69) is 4.90 Å². The molecule has 0 aromatic heterocycles. The molecule has 1 spiro atoms. The van der Waals surface area contributed by atoms with Crippen molar-refractivity contribution in [1.82, 2.24) is 9.80 Å². The Morgan fingerprint density at radius 1 is 1.05 bits per heavy atom. The molecule has 2 N–H and O–H groups in total. The molecule has 2 heterocycles. The van der Waals surface area contributed by atoms with Gasteiger partial charge in [-0.2, -0.15) is 0 Å². The molecule has 2 saturated carbocycles. The van der Waals surface area contributed by atoms with Gasteiger partial charge in [-0.3, -0.25) is 9.69 Å². The van der Waals surface area contributed by atoms with Gasteiger partial charge in [0.05, 0.1) is 5.54 Å². The van der Waals surface area contributed by atoms with Gasteiger partial charge >= 0.3 is 0 Å². The van der Waals surface area contributed by atoms with Crippen LogP contribution in [-0.4, -0.2) is 59.4 Å². The van der Waals surface area contributed by atoms with Gasteiger partial charge in [-0.1, -0.05) is 6.42 Å². The number of hydrogen-bond acceptors (Lipinski definition) is 3. The average molecular weight is 313 g/mol. The van der Waals surface area contributed by atoms with E-state index >= 15 is 0 Å². The van der Waals surface area contributed by atoms with E-state index in [9.17, 15) is 13.6 Å². The Morgan fingerprint density at radius 2 is 1.77 bits per heavy atom. The zero-order valence-electron chi connectivity index (χ0n) is 13.0. The molecule has 1 atom stereocenters. The van der Waals surface area contributed by atoms with Gasteiger partial charge in [0.25, 0.3) is 0 Å². The molecule has 2 aliphatic heterocycles. The van der Waals surface area contributed by atoms with E-state index in [0.717, 1.165) is 32.6 Å². The molecule has 124 valence electrons. The Balaban J connectivity index is 1.37. The van der Waals surface area contributed by atoms with Crippen molar-refractivity contribution in [2.75, 3.05) is 26.2 Å². The summed E-state index contributed by atoms with van der Waals surface area (Å²) in [6.45, 7) is 3.56. The Bertz CT molecular complexity index is 480. The maximum absolute atomic E-state index is 13.1. The third kappa shape index (κ3) is 2.26. The molecule has 22 heavy (non-hydrogen) atoms. The highest BCUT2D eigenvalue weighted by molar-refractivity contribution is 5.88. The maximum Gasteiger partial charge on any atom is 0.249 e. The van der Waals surface area contributed by atoms with Crippen LogP contribution in [-0.2, 0) is 4.79 Å². The van der Waals surface area contributed by atoms with Gasteiger partial charge in [0, 0.05) is 38.5 Å². The van der Waals surface area contributed by atoms with Gasteiger partial charge in [0.1, 0.15) is 0 Å². The summed E-state index contributed by atoms with van der Waals surface area (Å²) in [5, 5.41) is 0. The number of nitrogens with two attached hydrogens (primary N) is 1. The normalized spacial score (nSPS) is 35.4. The maximum atomic E-state index is 13.1. The number of carbonyl (C=O) groups is 1. The number of rotatable bonds is 1. The Kier molecular flexibility index (Phi) is 3.12. The standard InChI is InChI=1S/C16H25F2N3O/c17-16(18)10-14(11-16)8-15(19,9-14)13(22)21-6-5-20-4-2-1-3-12(20)7-21/h12H,1-11,19H2. The highest BCUT2D eigenvalue weighted by Gasteiger charge is 2.68. The second-order valence-electron chi connectivity index (χ2n) is 8.16. The second kappa shape index (κ2) is 4.63. The van der Waals surface area contributed by atoms with Crippen molar-refractivity contribution in [3.05, 3.63) is 0 Å². The van der Waals surface area contributed by atoms with Gasteiger partial charge < -0.3 is 10.6 Å². The van der Waals surface area contributed by atoms with Gasteiger partial charge in [-0.15, -0.1) is 0 Å². The van der Waals surface area contributed by atoms with Gasteiger partial charge in [0.15, 0.2) is 0 Å². The van der Waals surface area contributed by atoms with Crippen molar-refractivity contribution in [2.24, 2.45) is 11.1 Å². The van der Waals surface area contributed by atoms with Crippen molar-refractivity contribution in [3.8, 4) is 0 Å². The SMILES string of the molecule is NC1(C(=O)N2CCN3CCCCC3C2)CC2(CC(F)(F)C2)C1. The van der Waals surface area contributed by atoms with E-state index in [4.69, 9.17) is 5.73 Å². The fourth-order valence-corrected chi connectivity index (χ4v) is 5.39. The lowest BCUT2D eigenvalue weighted by atomic mass is 9.47. The van der Waals surface area contributed by atoms with Crippen molar-refractivity contribution < 1.29 is 13.6 Å². The molecule has 1 amide bonds. The third-order valence-electron chi connectivity index (χ3n) is 6.20. The highest BCUT2D eigenvalue weighted by atomic mass is 19.3. The quantitative estimate of drug-likeness (QED) is 0.800. The van der Waals surface area contributed by atoms with Crippen LogP contribution in [0.2, 0.25) is 0 Å². The van der Waals surface area contributed by atoms with Crippen LogP contribution in [0.5, 0.6) is 0 Å². The van der Waals surface area contributed by atoms with Crippen LogP contribution in [0, 0.1) is 5.41 Å². The fourth-order valence-electron chi connectivity index (χ4n) is 5.39. The lowest BCUT2D eigenvalue weighted by Gasteiger charge is -2.61. The molecule has 2 aliphatic carbocycles. The smallest absolute Gasteiger partial charge is 0.249 e. The molecule has 0 radical (unpaired) electrons. The predicted octanol–water partition coefficient (Wildman–Crippen LogP) is 1.59. The number of fused-ring (bicyclic) bond motifs is 1. The first kappa shape index (κ1) is 14.8. The number of nitrogens with zero attached hydrogens (tertiary/aromatic N) is 2. The van der Waals surface area contributed by atoms with Crippen LogP contribution in [0.1, 0.15) is 44.9 Å². The lowest BCUT2D eigenvalue weighted by molar-refractivity contribution is -0.215. The van der Waals surface area contributed by atoms with Crippen LogP contribution in [0.15, 0.2) is 0 Å². The molecule has 4 nitrogen and oxygen atoms in total. The number of alkyl halides is 2. The lowest BCUT2D eigenvalue weighted by Crippen LogP contribution is -2.72. The van der Waals surface area contributed by atoms with Crippen LogP contribution in [0.4, 0.5) is 8.78 Å². The summed E-state index contributed by atoms with van der Waals surface area (Å²) in [7, 11) is 0. The highest BCUT2D eigenvalue weighted by Crippen LogP contribution is 2.65. The molecule has 0 aromatic carbocycles. The minimum atomic E-state index is -2.53. The van der Waals surface area contributed by atoms with E-state index < -0.39 is 11.5 Å². The number of carbonyl (C=O) groups excluding carboxylic acids is 1. The van der Waals surface area contributed by atoms with E-state index in [0.29, 0.717) is 18.9 Å². The minimum absolute atomic E-state index is 0.00133. The first-order chi connectivity index (χ1) is 10.3. The topological polar surface area (TPSA) is 49.6 Å². The van der Waals surface area contributed by atoms with E-state index in [1.54, 1.807) is 0 Å². The Morgan fingerprint density at radius 3 is 2.45 bits per heavy atom. The van der Waals surface area contributed by atoms with Crippen LogP contribution in [0.3, 0.4) is 0 Å². The zero-order chi connectivity index (χ0) is 15.6. The largest absolute Gasteiger partial charge is 0.338 e. The van der Waals surface area contributed by atoms with Gasteiger partial charge in [-0.25, -0.2) is 8.78 Å². The van der Waals surface area contributed by atoms with Crippen molar-refractivity contribution in [2.45, 2.75) is 62.4 Å². The monoisotopic (exact) mass is 313 g/mol. The van der Waals surface area contributed by atoms with Gasteiger partial charge in [-0.05, 0) is 37.6 Å². The molecule has 1 unspecified atom stereocenters. The molecule has 0 bridgehead atoms. The first-order valence-electron chi connectivity index (χ1n) is 8.51. The van der Waals surface area contributed by atoms with Crippen LogP contribution in [0.25, 0.3) is 0 Å². The molecule has 2 saturated heterocycles. The van der Waals surface area contributed by atoms with Crippen molar-refractivity contribution >= 4 is 5.91 Å². The molecular formula is C16H25F2N3O. The first-order valence-corrected chi connectivity index (χ1v) is 8.51. The minimum Gasteiger partial charge on any atom is -0.338 e. The molecule has 4 aliphatic rings. The Labute approximate surface area is 130 Å². The summed E-state index contributed by atoms with van der Waals surface area (Å²) in [4.78, 5) is 17.1. The van der Waals surface area contributed by atoms with Gasteiger partial charge in [0.2, 0.25) is 11.8 Å². The second-order valence-corrected chi connectivity index (χ2v) is 8.16. The number of hydrogen-bond donors (Lipinski definition) is 1. The average Bonchev–Trinajstić information content (AvgIpc) is 2.42. The summed E-state index contributed by atoms with van der Waals surface area (Å²) in [5.41, 5.74) is 5.04. The number of amides is 1.